The van der Waals surface area contributed by atoms with Crippen LogP contribution in [0.5, 0.6) is 0 Å². The molecule has 1 aliphatic rings. The second-order valence-corrected chi connectivity index (χ2v) is 6.19. The van der Waals surface area contributed by atoms with Crippen LogP contribution in [0.15, 0.2) is 39.1 Å². The Balaban J connectivity index is 2.38. The Bertz CT molecular complexity index is 728. The van der Waals surface area contributed by atoms with Gasteiger partial charge in [0, 0.05) is 11.3 Å². The number of Topliss-reactive ketones (excluding diaryl/α,β-unsaturated/α-hetero) is 1. The molecule has 1 aromatic heterocycles. The molecular formula is C17H18N2O4S. The summed E-state index contributed by atoms with van der Waals surface area (Å²) in [5.74, 6) is -1.11. The summed E-state index contributed by atoms with van der Waals surface area (Å²) in [6.07, 6.45) is 1.51. The van der Waals surface area contributed by atoms with Gasteiger partial charge in [0.05, 0.1) is 35.7 Å². The molecule has 0 aromatic carbocycles. The van der Waals surface area contributed by atoms with Crippen LogP contribution in [0.4, 0.5) is 0 Å². The number of esters is 1. The van der Waals surface area contributed by atoms with E-state index in [4.69, 9.17) is 9.15 Å². The normalized spacial score (nSPS) is 20.3. The predicted octanol–water partition coefficient (Wildman–Crippen LogP) is 3.07. The lowest BCUT2D eigenvalue weighted by atomic mass is 9.80. The highest BCUT2D eigenvalue weighted by Crippen LogP contribution is 2.41. The second kappa shape index (κ2) is 7.97. The van der Waals surface area contributed by atoms with Crippen molar-refractivity contribution in [3.63, 3.8) is 0 Å². The van der Waals surface area contributed by atoms with Crippen LogP contribution in [0.2, 0.25) is 0 Å². The van der Waals surface area contributed by atoms with Gasteiger partial charge in [-0.05, 0) is 32.9 Å². The summed E-state index contributed by atoms with van der Waals surface area (Å²) in [7, 11) is 0. The smallest absolute Gasteiger partial charge is 0.316 e. The number of ether oxygens (including phenoxy) is 1. The third kappa shape index (κ3) is 3.77. The maximum Gasteiger partial charge on any atom is 0.316 e. The predicted molar refractivity (Wildman–Crippen MR) is 90.5 cm³/mol. The first kappa shape index (κ1) is 18.0. The maximum absolute atomic E-state index is 12.1. The van der Waals surface area contributed by atoms with Crippen molar-refractivity contribution in [2.24, 2.45) is 10.9 Å². The Morgan fingerprint density at radius 1 is 1.50 bits per heavy atom. The maximum atomic E-state index is 12.1. The first-order valence-corrected chi connectivity index (χ1v) is 8.49. The number of ketones is 1. The van der Waals surface area contributed by atoms with Crippen LogP contribution in [0, 0.1) is 17.2 Å². The van der Waals surface area contributed by atoms with Gasteiger partial charge in [0.15, 0.2) is 5.78 Å². The molecule has 7 heteroatoms. The highest BCUT2D eigenvalue weighted by molar-refractivity contribution is 8.14. The van der Waals surface area contributed by atoms with Crippen LogP contribution in [0.1, 0.15) is 32.4 Å². The monoisotopic (exact) mass is 346 g/mol. The van der Waals surface area contributed by atoms with Crippen LogP contribution < -0.4 is 0 Å². The van der Waals surface area contributed by atoms with E-state index >= 15 is 0 Å². The Labute approximate surface area is 144 Å². The number of hydrogen-bond acceptors (Lipinski definition) is 7. The Morgan fingerprint density at radius 2 is 2.25 bits per heavy atom. The molecule has 0 bridgehead atoms. The SMILES string of the molecule is CCOC(=O)CSC1=NC(C)=C(C(C)=O)C(c2ccco2)C1C#N. The van der Waals surface area contributed by atoms with Crippen molar-refractivity contribution in [3.8, 4) is 6.07 Å². The topological polar surface area (TPSA) is 92.7 Å². The van der Waals surface area contributed by atoms with Gasteiger partial charge in [-0.15, -0.1) is 0 Å². The highest BCUT2D eigenvalue weighted by Gasteiger charge is 2.39. The van der Waals surface area contributed by atoms with E-state index < -0.39 is 11.8 Å². The number of nitriles is 1. The Morgan fingerprint density at radius 3 is 2.79 bits per heavy atom. The van der Waals surface area contributed by atoms with E-state index in [-0.39, 0.29) is 17.5 Å². The van der Waals surface area contributed by atoms with E-state index in [1.54, 1.807) is 26.0 Å². The molecule has 2 heterocycles. The molecule has 2 rings (SSSR count). The number of furan rings is 1. The molecule has 0 spiro atoms. The zero-order valence-electron chi connectivity index (χ0n) is 13.7. The molecule has 126 valence electrons. The van der Waals surface area contributed by atoms with Gasteiger partial charge in [-0.1, -0.05) is 11.8 Å². The molecule has 0 saturated carbocycles. The van der Waals surface area contributed by atoms with Crippen molar-refractivity contribution in [2.75, 3.05) is 12.4 Å². The highest BCUT2D eigenvalue weighted by atomic mass is 32.2. The lowest BCUT2D eigenvalue weighted by molar-refractivity contribution is -0.139. The van der Waals surface area contributed by atoms with Gasteiger partial charge in [0.1, 0.15) is 11.7 Å². The molecule has 2 atom stereocenters. The van der Waals surface area contributed by atoms with Crippen molar-refractivity contribution in [1.29, 1.82) is 5.26 Å². The van der Waals surface area contributed by atoms with E-state index in [2.05, 4.69) is 11.1 Å². The molecule has 0 N–H and O–H groups in total. The molecule has 2 unspecified atom stereocenters. The molecule has 6 nitrogen and oxygen atoms in total. The fraction of sp³-hybridized carbons (Fsp3) is 0.412. The minimum atomic E-state index is -0.682. The number of aliphatic imine (C=N–C) groups is 1. The van der Waals surface area contributed by atoms with Crippen molar-refractivity contribution in [2.45, 2.75) is 26.7 Å². The summed E-state index contributed by atoms with van der Waals surface area (Å²) < 4.78 is 10.4. The number of carbonyl (C=O) groups excluding carboxylic acids is 2. The van der Waals surface area contributed by atoms with Gasteiger partial charge in [0.2, 0.25) is 0 Å². The number of carbonyl (C=O) groups is 2. The Hall–Kier alpha value is -2.33. The molecular weight excluding hydrogens is 328 g/mol. The molecule has 24 heavy (non-hydrogen) atoms. The summed E-state index contributed by atoms with van der Waals surface area (Å²) >= 11 is 1.16. The quantitative estimate of drug-likeness (QED) is 0.761. The second-order valence-electron chi connectivity index (χ2n) is 5.20. The standard InChI is InChI=1S/C17H18N2O4S/c1-4-22-14(21)9-24-17-12(8-18)16(13-6-5-7-23-13)15(11(3)20)10(2)19-17/h5-7,12,16H,4,9H2,1-3H3. The summed E-state index contributed by atoms with van der Waals surface area (Å²) in [4.78, 5) is 28.1. The average Bonchev–Trinajstić information content (AvgIpc) is 3.06. The van der Waals surface area contributed by atoms with E-state index in [0.29, 0.717) is 28.7 Å². The summed E-state index contributed by atoms with van der Waals surface area (Å²) in [6, 6.07) is 5.66. The molecule has 0 radical (unpaired) electrons. The van der Waals surface area contributed by atoms with Crippen molar-refractivity contribution < 1.29 is 18.7 Å². The first-order chi connectivity index (χ1) is 11.5. The molecule has 1 aliphatic heterocycles. The summed E-state index contributed by atoms with van der Waals surface area (Å²) in [6.45, 7) is 5.22. The third-order valence-electron chi connectivity index (χ3n) is 3.59. The average molecular weight is 346 g/mol. The molecule has 0 fully saturated rings. The number of thioether (sulfide) groups is 1. The van der Waals surface area contributed by atoms with Crippen LogP contribution in [0.3, 0.4) is 0 Å². The van der Waals surface area contributed by atoms with Crippen molar-refractivity contribution >= 4 is 28.6 Å². The largest absolute Gasteiger partial charge is 0.469 e. The van der Waals surface area contributed by atoms with Gasteiger partial charge in [-0.2, -0.15) is 5.26 Å². The van der Waals surface area contributed by atoms with E-state index in [1.165, 1.54) is 13.2 Å². The van der Waals surface area contributed by atoms with E-state index in [0.717, 1.165) is 11.8 Å². The van der Waals surface area contributed by atoms with Gasteiger partial charge in [0.25, 0.3) is 0 Å². The summed E-state index contributed by atoms with van der Waals surface area (Å²) in [5.41, 5.74) is 1.01. The number of nitrogens with zero attached hydrogens (tertiary/aromatic N) is 2. The van der Waals surface area contributed by atoms with Gasteiger partial charge >= 0.3 is 5.97 Å². The van der Waals surface area contributed by atoms with E-state index in [9.17, 15) is 14.9 Å². The van der Waals surface area contributed by atoms with Crippen molar-refractivity contribution in [1.82, 2.24) is 0 Å². The number of rotatable bonds is 5. The number of hydrogen-bond donors (Lipinski definition) is 0. The lowest BCUT2D eigenvalue weighted by Crippen LogP contribution is -2.28. The third-order valence-corrected chi connectivity index (χ3v) is 4.61. The number of allylic oxidation sites excluding steroid dienone is 2. The molecule has 1 aromatic rings. The molecule has 0 aliphatic carbocycles. The zero-order valence-corrected chi connectivity index (χ0v) is 14.6. The molecule has 0 amide bonds. The fourth-order valence-corrected chi connectivity index (χ4v) is 3.58. The minimum Gasteiger partial charge on any atom is -0.469 e. The first-order valence-electron chi connectivity index (χ1n) is 7.51. The van der Waals surface area contributed by atoms with Crippen LogP contribution in [0.25, 0.3) is 0 Å². The Kier molecular flexibility index (Phi) is 5.99. The fourth-order valence-electron chi connectivity index (χ4n) is 2.67. The zero-order chi connectivity index (χ0) is 17.7. The molecule has 0 saturated heterocycles. The summed E-state index contributed by atoms with van der Waals surface area (Å²) in [5, 5.41) is 10.1. The van der Waals surface area contributed by atoms with Crippen LogP contribution in [-0.4, -0.2) is 29.2 Å². The van der Waals surface area contributed by atoms with Crippen LogP contribution >= 0.6 is 11.8 Å². The van der Waals surface area contributed by atoms with Crippen molar-refractivity contribution in [3.05, 3.63) is 35.4 Å². The van der Waals surface area contributed by atoms with Gasteiger partial charge < -0.3 is 9.15 Å². The van der Waals surface area contributed by atoms with Gasteiger partial charge in [-0.3, -0.25) is 9.59 Å². The van der Waals surface area contributed by atoms with Crippen LogP contribution in [-0.2, 0) is 14.3 Å². The minimum absolute atomic E-state index is 0.0679. The lowest BCUT2D eigenvalue weighted by Gasteiger charge is -2.27. The van der Waals surface area contributed by atoms with E-state index in [1.807, 2.05) is 0 Å². The van der Waals surface area contributed by atoms with Gasteiger partial charge in [-0.25, -0.2) is 4.99 Å².